The minimum Gasteiger partial charge on any atom is -0.318 e. The van der Waals surface area contributed by atoms with Gasteiger partial charge in [-0.3, -0.25) is 0 Å². The van der Waals surface area contributed by atoms with Crippen LogP contribution in [0.2, 0.25) is 0 Å². The second kappa shape index (κ2) is 8.80. The van der Waals surface area contributed by atoms with E-state index in [1.165, 1.54) is 5.56 Å². The van der Waals surface area contributed by atoms with Gasteiger partial charge in [0.05, 0.1) is 6.21 Å². The van der Waals surface area contributed by atoms with E-state index in [1.54, 1.807) is 6.21 Å². The van der Waals surface area contributed by atoms with Crippen LogP contribution in [0.1, 0.15) is 54.4 Å². The fraction of sp³-hybridized carbons (Fsp3) is 0.308. The lowest BCUT2D eigenvalue weighted by molar-refractivity contribution is 0.252. The Labute approximate surface area is 185 Å². The maximum absolute atomic E-state index is 12.2. The van der Waals surface area contributed by atoms with Crippen LogP contribution in [0.15, 0.2) is 53.6 Å². The maximum Gasteiger partial charge on any atom is 0.339 e. The third-order valence-electron chi connectivity index (χ3n) is 5.68. The minimum absolute atomic E-state index is 0.125. The molecule has 0 spiro atoms. The molecule has 3 rings (SSSR count). The van der Waals surface area contributed by atoms with E-state index in [1.807, 2.05) is 32.0 Å². The molecular weight excluding hydrogens is 384 g/mol. The normalized spacial score (nSPS) is 11.7. The van der Waals surface area contributed by atoms with Gasteiger partial charge in [-0.25, -0.2) is 10.2 Å². The first-order chi connectivity index (χ1) is 14.6. The van der Waals surface area contributed by atoms with E-state index < -0.39 is 0 Å². The Hall–Kier alpha value is -3.34. The summed E-state index contributed by atoms with van der Waals surface area (Å²) in [5.41, 5.74) is 11.2. The topological polar surface area (TPSA) is 58.4 Å². The lowest BCUT2D eigenvalue weighted by Crippen LogP contribution is -2.24. The fourth-order valence-corrected chi connectivity index (χ4v) is 3.62. The van der Waals surface area contributed by atoms with Crippen LogP contribution in [-0.4, -0.2) is 16.8 Å². The van der Waals surface area contributed by atoms with Crippen LogP contribution in [0.5, 0.6) is 0 Å². The predicted molar refractivity (Wildman–Crippen MR) is 130 cm³/mol. The number of urea groups is 1. The third kappa shape index (κ3) is 5.05. The van der Waals surface area contributed by atoms with Crippen molar-refractivity contribution in [3.8, 4) is 5.69 Å². The van der Waals surface area contributed by atoms with Gasteiger partial charge in [-0.1, -0.05) is 45.0 Å². The van der Waals surface area contributed by atoms with Gasteiger partial charge in [0.2, 0.25) is 0 Å². The molecule has 0 radical (unpaired) electrons. The molecule has 5 nitrogen and oxygen atoms in total. The van der Waals surface area contributed by atoms with E-state index in [-0.39, 0.29) is 11.4 Å². The molecular formula is C26H32N4O. The summed E-state index contributed by atoms with van der Waals surface area (Å²) in [5, 5.41) is 6.99. The molecule has 0 aliphatic heterocycles. The van der Waals surface area contributed by atoms with Crippen LogP contribution < -0.4 is 10.7 Å². The first-order valence-electron chi connectivity index (χ1n) is 10.5. The number of anilines is 1. The van der Waals surface area contributed by atoms with Crippen LogP contribution in [0, 0.1) is 27.7 Å². The summed E-state index contributed by atoms with van der Waals surface area (Å²) in [7, 11) is 0. The van der Waals surface area contributed by atoms with E-state index in [0.717, 1.165) is 39.5 Å². The molecule has 3 aromatic rings. The van der Waals surface area contributed by atoms with Crippen molar-refractivity contribution in [1.29, 1.82) is 0 Å². The Kier molecular flexibility index (Phi) is 6.34. The van der Waals surface area contributed by atoms with E-state index in [0.29, 0.717) is 0 Å². The fourth-order valence-electron chi connectivity index (χ4n) is 3.62. The lowest BCUT2D eigenvalue weighted by atomic mass is 9.87. The Bertz CT molecular complexity index is 1120. The average molecular weight is 417 g/mol. The SMILES string of the molecule is Cc1cccc(NC(=O)N/N=C/c2cc(C)n(-c3ccc(C(C)(C)C)cc3)c2C)c1C. The van der Waals surface area contributed by atoms with Crippen molar-refractivity contribution in [3.05, 3.63) is 82.2 Å². The van der Waals surface area contributed by atoms with E-state index in [4.69, 9.17) is 0 Å². The van der Waals surface area contributed by atoms with Crippen molar-refractivity contribution in [2.24, 2.45) is 5.10 Å². The summed E-state index contributed by atoms with van der Waals surface area (Å²) in [6, 6.07) is 16.2. The van der Waals surface area contributed by atoms with Crippen LogP contribution in [0.4, 0.5) is 10.5 Å². The number of carbonyl (C=O) groups is 1. The van der Waals surface area contributed by atoms with Gasteiger partial charge in [-0.05, 0) is 74.1 Å². The number of aromatic nitrogens is 1. The molecule has 2 amide bonds. The number of hydrogen-bond donors (Lipinski definition) is 2. The number of nitrogens with one attached hydrogen (secondary N) is 2. The molecule has 5 heteroatoms. The summed E-state index contributed by atoms with van der Waals surface area (Å²) < 4.78 is 2.20. The van der Waals surface area contributed by atoms with Crippen LogP contribution in [-0.2, 0) is 5.41 Å². The monoisotopic (exact) mass is 416 g/mol. The average Bonchev–Trinajstić information content (AvgIpc) is 2.98. The largest absolute Gasteiger partial charge is 0.339 e. The summed E-state index contributed by atoms with van der Waals surface area (Å²) in [6.45, 7) is 14.8. The molecule has 0 fully saturated rings. The first kappa shape index (κ1) is 22.3. The Morgan fingerprint density at radius 3 is 2.32 bits per heavy atom. The summed E-state index contributed by atoms with van der Waals surface area (Å²) in [6.07, 6.45) is 1.69. The number of amides is 2. The van der Waals surface area contributed by atoms with Gasteiger partial charge >= 0.3 is 6.03 Å². The number of hydrazone groups is 1. The first-order valence-corrected chi connectivity index (χ1v) is 10.5. The summed E-state index contributed by atoms with van der Waals surface area (Å²) in [5.74, 6) is 0. The molecule has 0 aliphatic carbocycles. The van der Waals surface area contributed by atoms with E-state index >= 15 is 0 Å². The highest BCUT2D eigenvalue weighted by Gasteiger charge is 2.14. The predicted octanol–water partition coefficient (Wildman–Crippen LogP) is 6.16. The van der Waals surface area contributed by atoms with Crippen LogP contribution in [0.3, 0.4) is 0 Å². The van der Waals surface area contributed by atoms with Crippen molar-refractivity contribution in [2.75, 3.05) is 5.32 Å². The number of aryl methyl sites for hydroxylation is 2. The van der Waals surface area contributed by atoms with Crippen molar-refractivity contribution < 1.29 is 4.79 Å². The van der Waals surface area contributed by atoms with Crippen LogP contribution >= 0.6 is 0 Å². The molecule has 1 heterocycles. The maximum atomic E-state index is 12.2. The Morgan fingerprint density at radius 2 is 1.68 bits per heavy atom. The number of rotatable bonds is 4. The third-order valence-corrected chi connectivity index (χ3v) is 5.68. The standard InChI is InChI=1S/C26H32N4O/c1-17-9-8-10-24(19(17)3)28-25(31)29-27-16-21-15-18(2)30(20(21)4)23-13-11-22(12-14-23)26(5,6)7/h8-16H,1-7H3,(H2,28,29,31)/b27-16+. The highest BCUT2D eigenvalue weighted by atomic mass is 16.2. The number of hydrogen-bond acceptors (Lipinski definition) is 2. The molecule has 0 atom stereocenters. The number of carbonyl (C=O) groups excluding carboxylic acids is 1. The van der Waals surface area contributed by atoms with Crippen molar-refractivity contribution in [2.45, 2.75) is 53.9 Å². The minimum atomic E-state index is -0.364. The van der Waals surface area contributed by atoms with Gasteiger partial charge in [0.25, 0.3) is 0 Å². The van der Waals surface area contributed by atoms with Crippen molar-refractivity contribution in [1.82, 2.24) is 9.99 Å². The highest BCUT2D eigenvalue weighted by Crippen LogP contribution is 2.25. The van der Waals surface area contributed by atoms with Crippen molar-refractivity contribution in [3.63, 3.8) is 0 Å². The highest BCUT2D eigenvalue weighted by molar-refractivity contribution is 5.91. The molecule has 31 heavy (non-hydrogen) atoms. The number of benzene rings is 2. The second-order valence-electron chi connectivity index (χ2n) is 9.03. The molecule has 2 N–H and O–H groups in total. The molecule has 1 aromatic heterocycles. The molecule has 0 aliphatic rings. The summed E-state index contributed by atoms with van der Waals surface area (Å²) >= 11 is 0. The van der Waals surface area contributed by atoms with Gasteiger partial charge in [-0.2, -0.15) is 5.10 Å². The Balaban J connectivity index is 1.72. The zero-order valence-electron chi connectivity index (χ0n) is 19.5. The van der Waals surface area contributed by atoms with Gasteiger partial charge in [0, 0.05) is 28.3 Å². The second-order valence-corrected chi connectivity index (χ2v) is 9.03. The van der Waals surface area contributed by atoms with Crippen LogP contribution in [0.25, 0.3) is 5.69 Å². The molecule has 0 saturated heterocycles. The summed E-state index contributed by atoms with van der Waals surface area (Å²) in [4.78, 5) is 12.2. The van der Waals surface area contributed by atoms with Gasteiger partial charge in [0.1, 0.15) is 0 Å². The molecule has 0 bridgehead atoms. The lowest BCUT2D eigenvalue weighted by Gasteiger charge is -2.20. The zero-order valence-corrected chi connectivity index (χ0v) is 19.5. The van der Waals surface area contributed by atoms with Crippen molar-refractivity contribution >= 4 is 17.9 Å². The van der Waals surface area contributed by atoms with Gasteiger partial charge in [0.15, 0.2) is 0 Å². The Morgan fingerprint density at radius 1 is 1.00 bits per heavy atom. The molecule has 162 valence electrons. The zero-order chi connectivity index (χ0) is 22.8. The van der Waals surface area contributed by atoms with E-state index in [2.05, 4.69) is 85.4 Å². The van der Waals surface area contributed by atoms with Gasteiger partial charge in [-0.15, -0.1) is 0 Å². The number of nitrogens with zero attached hydrogens (tertiary/aromatic N) is 2. The molecule has 0 saturated carbocycles. The molecule has 0 unspecified atom stereocenters. The molecule has 2 aromatic carbocycles. The van der Waals surface area contributed by atoms with Gasteiger partial charge < -0.3 is 9.88 Å². The quantitative estimate of drug-likeness (QED) is 0.388. The smallest absolute Gasteiger partial charge is 0.318 e. The van der Waals surface area contributed by atoms with E-state index in [9.17, 15) is 4.79 Å².